The van der Waals surface area contributed by atoms with Gasteiger partial charge in [-0.25, -0.2) is 4.39 Å². The Hall–Kier alpha value is -3.22. The van der Waals surface area contributed by atoms with Crippen LogP contribution in [0.15, 0.2) is 48.5 Å². The van der Waals surface area contributed by atoms with E-state index in [0.717, 1.165) is 18.1 Å². The Morgan fingerprint density at radius 3 is 2.39 bits per heavy atom. The zero-order chi connectivity index (χ0) is 20.5. The monoisotopic (exact) mass is 386 g/mol. The number of benzene rings is 2. The van der Waals surface area contributed by atoms with Gasteiger partial charge in [-0.05, 0) is 36.6 Å². The highest BCUT2D eigenvalue weighted by atomic mass is 19.1. The molecule has 0 radical (unpaired) electrons. The van der Waals surface area contributed by atoms with Crippen molar-refractivity contribution in [2.45, 2.75) is 26.3 Å². The zero-order valence-corrected chi connectivity index (χ0v) is 15.8. The van der Waals surface area contributed by atoms with Crippen molar-refractivity contribution >= 4 is 17.8 Å². The van der Waals surface area contributed by atoms with Crippen LogP contribution in [0.1, 0.15) is 41.4 Å². The van der Waals surface area contributed by atoms with Gasteiger partial charge in [0.15, 0.2) is 6.61 Å². The Labute approximate surface area is 163 Å². The number of carbonyl (C=O) groups excluding carboxylic acids is 3. The van der Waals surface area contributed by atoms with E-state index >= 15 is 0 Å². The first-order valence-electron chi connectivity index (χ1n) is 8.97. The van der Waals surface area contributed by atoms with Crippen LogP contribution >= 0.6 is 0 Å². The highest BCUT2D eigenvalue weighted by Gasteiger charge is 2.14. The second kappa shape index (κ2) is 10.2. The lowest BCUT2D eigenvalue weighted by molar-refractivity contribution is -0.147. The van der Waals surface area contributed by atoms with Gasteiger partial charge in [-0.2, -0.15) is 0 Å². The van der Waals surface area contributed by atoms with Gasteiger partial charge >= 0.3 is 5.97 Å². The fourth-order valence-electron chi connectivity index (χ4n) is 2.50. The van der Waals surface area contributed by atoms with E-state index in [2.05, 4.69) is 17.6 Å². The number of carbonyl (C=O) groups is 3. The summed E-state index contributed by atoms with van der Waals surface area (Å²) in [6.45, 7) is 2.96. The molecule has 0 aliphatic carbocycles. The van der Waals surface area contributed by atoms with E-state index in [-0.39, 0.29) is 11.6 Å². The average molecular weight is 386 g/mol. The molecule has 2 amide bonds. The molecule has 2 N–H and O–H groups in total. The number of halogens is 1. The molecule has 2 rings (SSSR count). The first-order valence-corrected chi connectivity index (χ1v) is 8.97. The summed E-state index contributed by atoms with van der Waals surface area (Å²) in [5.41, 5.74) is 1.97. The van der Waals surface area contributed by atoms with Crippen LogP contribution in [0.4, 0.5) is 4.39 Å². The molecule has 0 saturated carbocycles. The first-order chi connectivity index (χ1) is 13.4. The number of aryl methyl sites for hydroxylation is 1. The normalized spacial score (nSPS) is 11.4. The Bertz CT molecular complexity index is 837. The van der Waals surface area contributed by atoms with Crippen LogP contribution in [0.5, 0.6) is 0 Å². The maximum absolute atomic E-state index is 13.5. The number of amides is 2. The minimum atomic E-state index is -0.792. The first kappa shape index (κ1) is 21.1. The standard InChI is InChI=1S/C21H23FN2O4/c1-3-15-8-10-16(11-9-15)14(2)24-19(25)13-28-20(26)12-23-21(27)17-6-4-5-7-18(17)22/h4-11,14H,3,12-13H2,1-2H3,(H,23,27)(H,24,25)/t14-/m1/s1. The van der Waals surface area contributed by atoms with Crippen molar-refractivity contribution in [1.82, 2.24) is 10.6 Å². The van der Waals surface area contributed by atoms with E-state index in [4.69, 9.17) is 4.74 Å². The predicted molar refractivity (Wildman–Crippen MR) is 102 cm³/mol. The Kier molecular flexibility index (Phi) is 7.68. The summed E-state index contributed by atoms with van der Waals surface area (Å²) in [7, 11) is 0. The second-order valence-electron chi connectivity index (χ2n) is 6.21. The summed E-state index contributed by atoms with van der Waals surface area (Å²) < 4.78 is 18.3. The van der Waals surface area contributed by atoms with Crippen molar-refractivity contribution in [3.63, 3.8) is 0 Å². The van der Waals surface area contributed by atoms with Crippen LogP contribution in [0.2, 0.25) is 0 Å². The number of hydrogen-bond acceptors (Lipinski definition) is 4. The van der Waals surface area contributed by atoms with Crippen molar-refractivity contribution in [2.75, 3.05) is 13.2 Å². The third-order valence-corrected chi connectivity index (χ3v) is 4.14. The molecule has 0 aliphatic rings. The third-order valence-electron chi connectivity index (χ3n) is 4.14. The van der Waals surface area contributed by atoms with E-state index in [0.29, 0.717) is 0 Å². The number of rotatable bonds is 8. The summed E-state index contributed by atoms with van der Waals surface area (Å²) in [6.07, 6.45) is 0.935. The lowest BCUT2D eigenvalue weighted by Gasteiger charge is -2.15. The number of hydrogen-bond donors (Lipinski definition) is 2. The molecular formula is C21H23FN2O4. The molecule has 1 atom stereocenters. The molecule has 28 heavy (non-hydrogen) atoms. The van der Waals surface area contributed by atoms with E-state index < -0.39 is 36.8 Å². The molecule has 0 fully saturated rings. The van der Waals surface area contributed by atoms with Crippen molar-refractivity contribution < 1.29 is 23.5 Å². The molecular weight excluding hydrogens is 363 g/mol. The van der Waals surface area contributed by atoms with Gasteiger partial charge in [-0.15, -0.1) is 0 Å². The van der Waals surface area contributed by atoms with Gasteiger partial charge in [-0.1, -0.05) is 43.3 Å². The molecule has 7 heteroatoms. The number of esters is 1. The van der Waals surface area contributed by atoms with E-state index in [1.165, 1.54) is 23.8 Å². The largest absolute Gasteiger partial charge is 0.454 e. The maximum atomic E-state index is 13.5. The fourth-order valence-corrected chi connectivity index (χ4v) is 2.50. The number of ether oxygens (including phenoxy) is 1. The van der Waals surface area contributed by atoms with Gasteiger partial charge in [0, 0.05) is 0 Å². The van der Waals surface area contributed by atoms with Gasteiger partial charge in [0.05, 0.1) is 11.6 Å². The van der Waals surface area contributed by atoms with Crippen molar-refractivity contribution in [2.24, 2.45) is 0 Å². The highest BCUT2D eigenvalue weighted by Crippen LogP contribution is 2.13. The lowest BCUT2D eigenvalue weighted by atomic mass is 10.1. The second-order valence-corrected chi connectivity index (χ2v) is 6.21. The highest BCUT2D eigenvalue weighted by molar-refractivity contribution is 5.96. The van der Waals surface area contributed by atoms with Gasteiger partial charge < -0.3 is 15.4 Å². The quantitative estimate of drug-likeness (QED) is 0.683. The molecule has 0 bridgehead atoms. The molecule has 0 heterocycles. The SMILES string of the molecule is CCc1ccc([C@@H](C)NC(=O)COC(=O)CNC(=O)c2ccccc2F)cc1. The van der Waals surface area contributed by atoms with Crippen LogP contribution in [0, 0.1) is 5.82 Å². The predicted octanol–water partition coefficient (Wildman–Crippen LogP) is 2.54. The molecule has 6 nitrogen and oxygen atoms in total. The zero-order valence-electron chi connectivity index (χ0n) is 15.8. The van der Waals surface area contributed by atoms with E-state index in [1.54, 1.807) is 0 Å². The molecule has 2 aromatic carbocycles. The lowest BCUT2D eigenvalue weighted by Crippen LogP contribution is -2.35. The minimum absolute atomic E-state index is 0.170. The smallest absolute Gasteiger partial charge is 0.325 e. The van der Waals surface area contributed by atoms with Crippen LogP contribution in [0.25, 0.3) is 0 Å². The summed E-state index contributed by atoms with van der Waals surface area (Å²) in [6, 6.07) is 13.1. The number of nitrogens with one attached hydrogen (secondary N) is 2. The molecule has 0 unspecified atom stereocenters. The van der Waals surface area contributed by atoms with Gasteiger partial charge in [0.1, 0.15) is 12.4 Å². The minimum Gasteiger partial charge on any atom is -0.454 e. The van der Waals surface area contributed by atoms with Crippen molar-refractivity contribution in [3.8, 4) is 0 Å². The fraction of sp³-hybridized carbons (Fsp3) is 0.286. The van der Waals surface area contributed by atoms with Crippen LogP contribution in [-0.4, -0.2) is 30.9 Å². The average Bonchev–Trinajstić information content (AvgIpc) is 2.70. The summed E-state index contributed by atoms with van der Waals surface area (Å²) in [5, 5.41) is 4.99. The van der Waals surface area contributed by atoms with E-state index in [9.17, 15) is 18.8 Å². The summed E-state index contributed by atoms with van der Waals surface area (Å²) in [5.74, 6) is -2.67. The topological polar surface area (TPSA) is 84.5 Å². The Balaban J connectivity index is 1.73. The molecule has 0 saturated heterocycles. The van der Waals surface area contributed by atoms with Crippen LogP contribution < -0.4 is 10.6 Å². The Morgan fingerprint density at radius 1 is 1.07 bits per heavy atom. The molecule has 0 aliphatic heterocycles. The van der Waals surface area contributed by atoms with Crippen molar-refractivity contribution in [3.05, 3.63) is 71.0 Å². The van der Waals surface area contributed by atoms with E-state index in [1.807, 2.05) is 31.2 Å². The van der Waals surface area contributed by atoms with Gasteiger partial charge in [-0.3, -0.25) is 14.4 Å². The van der Waals surface area contributed by atoms with Gasteiger partial charge in [0.2, 0.25) is 0 Å². The van der Waals surface area contributed by atoms with Gasteiger partial charge in [0.25, 0.3) is 11.8 Å². The summed E-state index contributed by atoms with van der Waals surface area (Å²) >= 11 is 0. The maximum Gasteiger partial charge on any atom is 0.325 e. The molecule has 0 aromatic heterocycles. The van der Waals surface area contributed by atoms with Crippen LogP contribution in [-0.2, 0) is 20.7 Å². The van der Waals surface area contributed by atoms with Crippen molar-refractivity contribution in [1.29, 1.82) is 0 Å². The molecule has 148 valence electrons. The third kappa shape index (κ3) is 6.19. The Morgan fingerprint density at radius 2 is 1.75 bits per heavy atom. The molecule has 2 aromatic rings. The summed E-state index contributed by atoms with van der Waals surface area (Å²) in [4.78, 5) is 35.4. The van der Waals surface area contributed by atoms with Crippen LogP contribution in [0.3, 0.4) is 0 Å². The molecule has 0 spiro atoms.